The van der Waals surface area contributed by atoms with Gasteiger partial charge in [0, 0.05) is 5.03 Å². The van der Waals surface area contributed by atoms with E-state index < -0.39 is 0 Å². The van der Waals surface area contributed by atoms with Gasteiger partial charge in [0.25, 0.3) is 0 Å². The van der Waals surface area contributed by atoms with Crippen LogP contribution in [0.5, 0.6) is 0 Å². The predicted molar refractivity (Wildman–Crippen MR) is 60.1 cm³/mol. The summed E-state index contributed by atoms with van der Waals surface area (Å²) in [6.07, 6.45) is 2.28. The fourth-order valence-corrected chi connectivity index (χ4v) is 1.50. The molecule has 1 heteroatoms. The van der Waals surface area contributed by atoms with Crippen molar-refractivity contribution >= 4 is 16.6 Å². The summed E-state index contributed by atoms with van der Waals surface area (Å²) >= 11 is 5.83. The van der Waals surface area contributed by atoms with Gasteiger partial charge in [-0.25, -0.2) is 0 Å². The highest BCUT2D eigenvalue weighted by Gasteiger charge is 2.00. The molecule has 0 aliphatic heterocycles. The van der Waals surface area contributed by atoms with E-state index in [1.165, 1.54) is 17.5 Å². The summed E-state index contributed by atoms with van der Waals surface area (Å²) in [5.74, 6) is 0. The second kappa shape index (κ2) is 4.48. The number of rotatable bonds is 3. The zero-order chi connectivity index (χ0) is 9.84. The molecule has 0 amide bonds. The molecule has 0 N–H and O–H groups in total. The second-order valence-corrected chi connectivity index (χ2v) is 3.75. The Labute approximate surface area is 85.2 Å². The molecular weight excluding hydrogens is 180 g/mol. The van der Waals surface area contributed by atoms with Crippen molar-refractivity contribution in [2.24, 2.45) is 0 Å². The van der Waals surface area contributed by atoms with E-state index in [2.05, 4.69) is 32.6 Å². The molecule has 0 radical (unpaired) electrons. The average Bonchev–Trinajstić information content (AvgIpc) is 2.08. The van der Waals surface area contributed by atoms with Crippen molar-refractivity contribution in [2.45, 2.75) is 26.7 Å². The fourth-order valence-electron chi connectivity index (χ4n) is 1.38. The summed E-state index contributed by atoms with van der Waals surface area (Å²) in [7, 11) is 0. The van der Waals surface area contributed by atoms with Gasteiger partial charge in [-0.3, -0.25) is 0 Å². The SMILES string of the molecule is C=C(Cl)c1ccc(C)c(CCC)c1. The first-order chi connectivity index (χ1) is 6.15. The van der Waals surface area contributed by atoms with E-state index in [9.17, 15) is 0 Å². The molecular formula is C12H15Cl. The first kappa shape index (κ1) is 10.3. The third kappa shape index (κ3) is 2.60. The number of benzene rings is 1. The van der Waals surface area contributed by atoms with Crippen molar-refractivity contribution < 1.29 is 0 Å². The van der Waals surface area contributed by atoms with Gasteiger partial charge < -0.3 is 0 Å². The summed E-state index contributed by atoms with van der Waals surface area (Å²) < 4.78 is 0. The van der Waals surface area contributed by atoms with E-state index in [4.69, 9.17) is 11.6 Å². The van der Waals surface area contributed by atoms with E-state index in [1.54, 1.807) is 0 Å². The maximum Gasteiger partial charge on any atom is 0.0406 e. The van der Waals surface area contributed by atoms with Crippen LogP contribution in [-0.4, -0.2) is 0 Å². The lowest BCUT2D eigenvalue weighted by Crippen LogP contribution is -1.90. The second-order valence-electron chi connectivity index (χ2n) is 3.30. The molecule has 0 atom stereocenters. The van der Waals surface area contributed by atoms with Gasteiger partial charge in [0.15, 0.2) is 0 Å². The van der Waals surface area contributed by atoms with E-state index in [0.29, 0.717) is 5.03 Å². The number of aryl methyl sites for hydroxylation is 2. The zero-order valence-corrected chi connectivity index (χ0v) is 8.99. The Hall–Kier alpha value is -0.750. The molecule has 0 nitrogen and oxygen atoms in total. The molecule has 1 rings (SSSR count). The molecule has 0 unspecified atom stereocenters. The predicted octanol–water partition coefficient (Wildman–Crippen LogP) is 4.16. The number of hydrogen-bond donors (Lipinski definition) is 0. The molecule has 1 aromatic carbocycles. The van der Waals surface area contributed by atoms with Crippen LogP contribution >= 0.6 is 11.6 Å². The fraction of sp³-hybridized carbons (Fsp3) is 0.333. The molecule has 0 saturated carbocycles. The molecule has 0 aliphatic rings. The minimum atomic E-state index is 0.623. The lowest BCUT2D eigenvalue weighted by atomic mass is 10.0. The third-order valence-electron chi connectivity index (χ3n) is 2.18. The van der Waals surface area contributed by atoms with Crippen LogP contribution in [0.1, 0.15) is 30.0 Å². The molecule has 1 aromatic rings. The van der Waals surface area contributed by atoms with Crippen LogP contribution in [-0.2, 0) is 6.42 Å². The van der Waals surface area contributed by atoms with Crippen molar-refractivity contribution in [2.75, 3.05) is 0 Å². The van der Waals surface area contributed by atoms with Crippen LogP contribution in [0.15, 0.2) is 24.8 Å². The Morgan fingerprint density at radius 1 is 1.46 bits per heavy atom. The highest BCUT2D eigenvalue weighted by Crippen LogP contribution is 2.20. The van der Waals surface area contributed by atoms with Crippen molar-refractivity contribution in [3.8, 4) is 0 Å². The Morgan fingerprint density at radius 3 is 2.69 bits per heavy atom. The molecule has 0 spiro atoms. The van der Waals surface area contributed by atoms with E-state index >= 15 is 0 Å². The minimum Gasteiger partial charge on any atom is -0.0843 e. The third-order valence-corrected chi connectivity index (χ3v) is 2.40. The topological polar surface area (TPSA) is 0 Å². The highest BCUT2D eigenvalue weighted by atomic mass is 35.5. The number of halogens is 1. The van der Waals surface area contributed by atoms with Crippen molar-refractivity contribution in [1.29, 1.82) is 0 Å². The van der Waals surface area contributed by atoms with Gasteiger partial charge in [-0.1, -0.05) is 49.7 Å². The van der Waals surface area contributed by atoms with E-state index in [1.807, 2.05) is 6.07 Å². The quantitative estimate of drug-likeness (QED) is 0.678. The van der Waals surface area contributed by atoms with Gasteiger partial charge in [-0.15, -0.1) is 0 Å². The van der Waals surface area contributed by atoms with Crippen LogP contribution in [0.4, 0.5) is 0 Å². The first-order valence-electron chi connectivity index (χ1n) is 4.59. The first-order valence-corrected chi connectivity index (χ1v) is 4.97. The van der Waals surface area contributed by atoms with Gasteiger partial charge in [0.2, 0.25) is 0 Å². The largest absolute Gasteiger partial charge is 0.0843 e. The highest BCUT2D eigenvalue weighted by molar-refractivity contribution is 6.48. The average molecular weight is 195 g/mol. The molecule has 0 aliphatic carbocycles. The maximum absolute atomic E-state index is 5.83. The van der Waals surface area contributed by atoms with Gasteiger partial charge in [0.1, 0.15) is 0 Å². The van der Waals surface area contributed by atoms with Gasteiger partial charge in [-0.2, -0.15) is 0 Å². The van der Waals surface area contributed by atoms with E-state index in [0.717, 1.165) is 12.0 Å². The van der Waals surface area contributed by atoms with Crippen molar-refractivity contribution in [3.63, 3.8) is 0 Å². The van der Waals surface area contributed by atoms with Crippen LogP contribution in [0, 0.1) is 6.92 Å². The van der Waals surface area contributed by atoms with Crippen LogP contribution in [0.3, 0.4) is 0 Å². The lowest BCUT2D eigenvalue weighted by Gasteiger charge is -2.06. The Morgan fingerprint density at radius 2 is 2.15 bits per heavy atom. The van der Waals surface area contributed by atoms with Crippen molar-refractivity contribution in [1.82, 2.24) is 0 Å². The molecule has 13 heavy (non-hydrogen) atoms. The van der Waals surface area contributed by atoms with Gasteiger partial charge in [0.05, 0.1) is 0 Å². The molecule has 0 saturated heterocycles. The van der Waals surface area contributed by atoms with Crippen molar-refractivity contribution in [3.05, 3.63) is 41.5 Å². The molecule has 0 heterocycles. The Kier molecular flexibility index (Phi) is 3.56. The Bertz CT molecular complexity index is 313. The van der Waals surface area contributed by atoms with Crippen LogP contribution in [0.2, 0.25) is 0 Å². The molecule has 0 bridgehead atoms. The summed E-state index contributed by atoms with van der Waals surface area (Å²) in [4.78, 5) is 0. The van der Waals surface area contributed by atoms with Crippen LogP contribution < -0.4 is 0 Å². The smallest absolute Gasteiger partial charge is 0.0406 e. The monoisotopic (exact) mass is 194 g/mol. The molecule has 70 valence electrons. The standard InChI is InChI=1S/C12H15Cl/c1-4-5-11-8-12(10(3)13)7-6-9(11)2/h6-8H,3-5H2,1-2H3. The van der Waals surface area contributed by atoms with E-state index in [-0.39, 0.29) is 0 Å². The summed E-state index contributed by atoms with van der Waals surface area (Å²) in [5, 5.41) is 0.623. The molecule has 0 fully saturated rings. The minimum absolute atomic E-state index is 0.623. The zero-order valence-electron chi connectivity index (χ0n) is 8.23. The maximum atomic E-state index is 5.83. The summed E-state index contributed by atoms with van der Waals surface area (Å²) in [5.41, 5.74) is 3.75. The Balaban J connectivity index is 3.03. The summed E-state index contributed by atoms with van der Waals surface area (Å²) in [6, 6.07) is 6.26. The number of hydrogen-bond acceptors (Lipinski definition) is 0. The van der Waals surface area contributed by atoms with Crippen LogP contribution in [0.25, 0.3) is 5.03 Å². The van der Waals surface area contributed by atoms with Gasteiger partial charge in [-0.05, 0) is 30.0 Å². The summed E-state index contributed by atoms with van der Waals surface area (Å²) in [6.45, 7) is 8.03. The normalized spacial score (nSPS) is 10.1. The molecule has 0 aromatic heterocycles. The van der Waals surface area contributed by atoms with Gasteiger partial charge >= 0.3 is 0 Å². The lowest BCUT2D eigenvalue weighted by molar-refractivity contribution is 0.912.